The number of benzene rings is 1. The summed E-state index contributed by atoms with van der Waals surface area (Å²) in [5.41, 5.74) is 6.19. The molecule has 1 aromatic carbocycles. The number of hydrogen-bond acceptors (Lipinski definition) is 3. The summed E-state index contributed by atoms with van der Waals surface area (Å²) in [4.78, 5) is 0. The zero-order valence-corrected chi connectivity index (χ0v) is 9.71. The first kappa shape index (κ1) is 12.1. The lowest BCUT2D eigenvalue weighted by Gasteiger charge is -2.16. The minimum atomic E-state index is 0.123. The molecule has 84 valence electrons. The summed E-state index contributed by atoms with van der Waals surface area (Å²) in [5, 5.41) is 10.2. The van der Waals surface area contributed by atoms with E-state index in [-0.39, 0.29) is 11.7 Å². The number of methoxy groups -OCH3 is 1. The van der Waals surface area contributed by atoms with Crippen LogP contribution >= 0.6 is 11.6 Å². The lowest BCUT2D eigenvalue weighted by Crippen LogP contribution is -2.05. The van der Waals surface area contributed by atoms with Gasteiger partial charge in [0.25, 0.3) is 0 Å². The second kappa shape index (κ2) is 5.24. The predicted octanol–water partition coefficient (Wildman–Crippen LogP) is 2.51. The van der Waals surface area contributed by atoms with Crippen molar-refractivity contribution in [2.45, 2.75) is 19.3 Å². The Morgan fingerprint density at radius 3 is 2.73 bits per heavy atom. The highest BCUT2D eigenvalue weighted by molar-refractivity contribution is 6.33. The highest BCUT2D eigenvalue weighted by Gasteiger charge is 2.17. The quantitative estimate of drug-likeness (QED) is 0.834. The molecule has 15 heavy (non-hydrogen) atoms. The van der Waals surface area contributed by atoms with Crippen molar-refractivity contribution >= 4 is 11.6 Å². The number of halogens is 1. The van der Waals surface area contributed by atoms with Crippen LogP contribution in [0.4, 0.5) is 0 Å². The van der Waals surface area contributed by atoms with Crippen LogP contribution in [-0.2, 0) is 0 Å². The van der Waals surface area contributed by atoms with Crippen LogP contribution in [0.15, 0.2) is 12.1 Å². The Morgan fingerprint density at radius 2 is 2.20 bits per heavy atom. The minimum Gasteiger partial charge on any atom is -0.508 e. The summed E-state index contributed by atoms with van der Waals surface area (Å²) in [7, 11) is 1.55. The standard InChI is InChI=1S/C11H16ClNO2/c1-7(5-6-13)10-8(14)3-4-9(15-2)11(10)12/h3-4,7,14H,5-6,13H2,1-2H3. The summed E-state index contributed by atoms with van der Waals surface area (Å²) in [6.07, 6.45) is 0.778. The molecule has 1 rings (SSSR count). The van der Waals surface area contributed by atoms with Crippen molar-refractivity contribution in [1.82, 2.24) is 0 Å². The van der Waals surface area contributed by atoms with Gasteiger partial charge in [-0.15, -0.1) is 0 Å². The van der Waals surface area contributed by atoms with Gasteiger partial charge in [0.1, 0.15) is 11.5 Å². The highest BCUT2D eigenvalue weighted by Crippen LogP contribution is 2.39. The Labute approximate surface area is 94.8 Å². The molecule has 0 saturated carbocycles. The van der Waals surface area contributed by atoms with Crippen LogP contribution in [0.2, 0.25) is 5.02 Å². The smallest absolute Gasteiger partial charge is 0.138 e. The molecule has 0 spiro atoms. The Balaban J connectivity index is 3.14. The third-order valence-corrected chi connectivity index (χ3v) is 2.82. The van der Waals surface area contributed by atoms with E-state index in [1.165, 1.54) is 0 Å². The van der Waals surface area contributed by atoms with Crippen molar-refractivity contribution in [1.29, 1.82) is 0 Å². The number of nitrogens with two attached hydrogens (primary N) is 1. The molecule has 1 aromatic rings. The molecule has 0 radical (unpaired) electrons. The van der Waals surface area contributed by atoms with Crippen LogP contribution in [0.25, 0.3) is 0 Å². The molecule has 0 aromatic heterocycles. The number of phenols is 1. The molecule has 0 saturated heterocycles. The third-order valence-electron chi connectivity index (χ3n) is 2.43. The van der Waals surface area contributed by atoms with Crippen molar-refractivity contribution in [3.05, 3.63) is 22.7 Å². The monoisotopic (exact) mass is 229 g/mol. The molecule has 3 nitrogen and oxygen atoms in total. The molecule has 0 aliphatic rings. The van der Waals surface area contributed by atoms with E-state index in [0.717, 1.165) is 6.42 Å². The van der Waals surface area contributed by atoms with Crippen molar-refractivity contribution in [2.75, 3.05) is 13.7 Å². The first-order valence-electron chi connectivity index (χ1n) is 4.87. The summed E-state index contributed by atoms with van der Waals surface area (Å²) >= 11 is 6.12. The van der Waals surface area contributed by atoms with Gasteiger partial charge in [-0.25, -0.2) is 0 Å². The maximum Gasteiger partial charge on any atom is 0.138 e. The Kier molecular flexibility index (Phi) is 4.24. The van der Waals surface area contributed by atoms with Gasteiger partial charge in [0.05, 0.1) is 12.1 Å². The maximum absolute atomic E-state index is 9.73. The summed E-state index contributed by atoms with van der Waals surface area (Å²) in [5.74, 6) is 0.896. The lowest BCUT2D eigenvalue weighted by molar-refractivity contribution is 0.409. The molecule has 4 heteroatoms. The number of rotatable bonds is 4. The minimum absolute atomic E-state index is 0.123. The first-order valence-corrected chi connectivity index (χ1v) is 5.25. The molecular formula is C11H16ClNO2. The van der Waals surface area contributed by atoms with Gasteiger partial charge in [-0.2, -0.15) is 0 Å². The summed E-state index contributed by atoms with van der Waals surface area (Å²) < 4.78 is 5.09. The molecule has 0 bridgehead atoms. The average Bonchev–Trinajstić information content (AvgIpc) is 2.18. The molecule has 1 unspecified atom stereocenters. The number of ether oxygens (including phenoxy) is 1. The largest absolute Gasteiger partial charge is 0.508 e. The highest BCUT2D eigenvalue weighted by atomic mass is 35.5. The Hall–Kier alpha value is -0.930. The van der Waals surface area contributed by atoms with Gasteiger partial charge in [0, 0.05) is 5.56 Å². The van der Waals surface area contributed by atoms with Gasteiger partial charge in [-0.05, 0) is 31.0 Å². The van der Waals surface area contributed by atoms with Crippen LogP contribution in [0.5, 0.6) is 11.5 Å². The summed E-state index contributed by atoms with van der Waals surface area (Å²) in [6, 6.07) is 3.24. The molecule has 0 fully saturated rings. The van der Waals surface area contributed by atoms with E-state index in [4.69, 9.17) is 22.1 Å². The second-order valence-corrected chi connectivity index (χ2v) is 3.87. The van der Waals surface area contributed by atoms with Gasteiger partial charge < -0.3 is 15.6 Å². The first-order chi connectivity index (χ1) is 7.11. The van der Waals surface area contributed by atoms with Crippen LogP contribution in [0, 0.1) is 0 Å². The lowest BCUT2D eigenvalue weighted by atomic mass is 9.96. The van der Waals surface area contributed by atoms with Crippen molar-refractivity contribution < 1.29 is 9.84 Å². The van der Waals surface area contributed by atoms with Crippen molar-refractivity contribution in [3.8, 4) is 11.5 Å². The van der Waals surface area contributed by atoms with E-state index in [1.54, 1.807) is 19.2 Å². The van der Waals surface area contributed by atoms with Gasteiger partial charge in [-0.1, -0.05) is 18.5 Å². The molecule has 0 heterocycles. The van der Waals surface area contributed by atoms with Crippen LogP contribution in [0.1, 0.15) is 24.8 Å². The van der Waals surface area contributed by atoms with E-state index < -0.39 is 0 Å². The van der Waals surface area contributed by atoms with Crippen molar-refractivity contribution in [2.24, 2.45) is 5.73 Å². The predicted molar refractivity (Wildman–Crippen MR) is 61.8 cm³/mol. The van der Waals surface area contributed by atoms with Gasteiger partial charge in [0.15, 0.2) is 0 Å². The van der Waals surface area contributed by atoms with Gasteiger partial charge >= 0.3 is 0 Å². The van der Waals surface area contributed by atoms with E-state index in [1.807, 2.05) is 6.92 Å². The zero-order valence-electron chi connectivity index (χ0n) is 8.96. The molecule has 0 aliphatic heterocycles. The molecule has 0 amide bonds. The van der Waals surface area contributed by atoms with E-state index in [9.17, 15) is 5.11 Å². The normalized spacial score (nSPS) is 12.5. The maximum atomic E-state index is 9.73. The third kappa shape index (κ3) is 2.55. The SMILES string of the molecule is COc1ccc(O)c(C(C)CCN)c1Cl. The van der Waals surface area contributed by atoms with Crippen molar-refractivity contribution in [3.63, 3.8) is 0 Å². The number of hydrogen-bond donors (Lipinski definition) is 2. The molecule has 3 N–H and O–H groups in total. The van der Waals surface area contributed by atoms with E-state index in [0.29, 0.717) is 22.9 Å². The van der Waals surface area contributed by atoms with Gasteiger partial charge in [0.2, 0.25) is 0 Å². The number of phenolic OH excluding ortho intramolecular Hbond substituents is 1. The Bertz CT molecular complexity index is 342. The van der Waals surface area contributed by atoms with Crippen LogP contribution < -0.4 is 10.5 Å². The average molecular weight is 230 g/mol. The fourth-order valence-corrected chi connectivity index (χ4v) is 2.01. The summed E-state index contributed by atoms with van der Waals surface area (Å²) in [6.45, 7) is 2.54. The molecule has 0 aliphatic carbocycles. The fourth-order valence-electron chi connectivity index (χ4n) is 1.58. The van der Waals surface area contributed by atoms with Crippen LogP contribution in [0.3, 0.4) is 0 Å². The molecular weight excluding hydrogens is 214 g/mol. The van der Waals surface area contributed by atoms with E-state index >= 15 is 0 Å². The Morgan fingerprint density at radius 1 is 1.53 bits per heavy atom. The second-order valence-electron chi connectivity index (χ2n) is 3.49. The van der Waals surface area contributed by atoms with E-state index in [2.05, 4.69) is 0 Å². The fraction of sp³-hybridized carbons (Fsp3) is 0.455. The van der Waals surface area contributed by atoms with Gasteiger partial charge in [-0.3, -0.25) is 0 Å². The molecule has 1 atom stereocenters. The zero-order chi connectivity index (χ0) is 11.4. The van der Waals surface area contributed by atoms with Crippen LogP contribution in [-0.4, -0.2) is 18.8 Å². The number of aromatic hydroxyl groups is 1. The topological polar surface area (TPSA) is 55.5 Å².